The molecule has 2 aliphatic heterocycles. The van der Waals surface area contributed by atoms with Crippen molar-refractivity contribution in [2.24, 2.45) is 0 Å². The van der Waals surface area contributed by atoms with Gasteiger partial charge in [-0.25, -0.2) is 0 Å². The number of para-hydroxylation sites is 1. The number of aryl methyl sites for hydroxylation is 3. The van der Waals surface area contributed by atoms with Crippen LogP contribution in [0.5, 0.6) is 0 Å². The Kier molecular flexibility index (Phi) is 10.7. The largest absolute Gasteiger partial charge is 0.311 e. The molecule has 72 heavy (non-hydrogen) atoms. The van der Waals surface area contributed by atoms with Crippen LogP contribution in [-0.2, 0) is 0 Å². The van der Waals surface area contributed by atoms with Gasteiger partial charge >= 0.3 is 0 Å². The quantitative estimate of drug-likeness (QED) is 0.140. The van der Waals surface area contributed by atoms with E-state index in [1.807, 2.05) is 0 Å². The van der Waals surface area contributed by atoms with Crippen LogP contribution in [0, 0.1) is 20.8 Å². The van der Waals surface area contributed by atoms with E-state index in [2.05, 4.69) is 285 Å². The van der Waals surface area contributed by atoms with Crippen LogP contribution >= 0.6 is 0 Å². The maximum absolute atomic E-state index is 2.56. The summed E-state index contributed by atoms with van der Waals surface area (Å²) in [6, 6.07) is 94.5. The minimum absolute atomic E-state index is 0.0566. The lowest BCUT2D eigenvalue weighted by molar-refractivity contribution is 1.25. The molecule has 11 aromatic carbocycles. The van der Waals surface area contributed by atoms with E-state index >= 15 is 0 Å². The predicted molar refractivity (Wildman–Crippen MR) is 307 cm³/mol. The molecule has 2 nitrogen and oxygen atoms in total. The van der Waals surface area contributed by atoms with E-state index in [0.29, 0.717) is 0 Å². The Bertz CT molecular complexity index is 3710. The fourth-order valence-electron chi connectivity index (χ4n) is 11.9. The van der Waals surface area contributed by atoms with E-state index in [9.17, 15) is 0 Å². The Morgan fingerprint density at radius 3 is 1.19 bits per heavy atom. The third-order valence-electron chi connectivity index (χ3n) is 14.9. The first-order valence-electron chi connectivity index (χ1n) is 25.1. The fourth-order valence-corrected chi connectivity index (χ4v) is 11.9. The van der Waals surface area contributed by atoms with E-state index in [0.717, 1.165) is 16.9 Å². The second-order valence-corrected chi connectivity index (χ2v) is 19.4. The molecule has 0 saturated carbocycles. The summed E-state index contributed by atoms with van der Waals surface area (Å²) in [5.41, 5.74) is 29.1. The van der Waals surface area contributed by atoms with Gasteiger partial charge in [-0.2, -0.15) is 0 Å². The zero-order chi connectivity index (χ0) is 48.3. The summed E-state index contributed by atoms with van der Waals surface area (Å²) in [4.78, 5) is 5.09. The van der Waals surface area contributed by atoms with Gasteiger partial charge in [0.15, 0.2) is 0 Å². The standard InChI is InChI=1S/C69H51BN2/c1-46-41-47(2)67(48(3)42-46)55-35-40-64-62(43-55)70-61-29-16-17-30-63(61)71(57-36-31-51(32-37-57)49-19-8-4-9-20-49)65-44-56(45-66(69(65)70)72(64)58-38-33-52(34-39-58)50-21-10-5-11-22-50)68-59(53-23-12-6-13-24-53)27-18-28-60(68)54-25-14-7-15-26-54/h4-45H,1-3H3. The van der Waals surface area contributed by atoms with E-state index in [1.165, 1.54) is 117 Å². The van der Waals surface area contributed by atoms with Crippen molar-refractivity contribution < 1.29 is 0 Å². The van der Waals surface area contributed by atoms with E-state index in [4.69, 9.17) is 0 Å². The van der Waals surface area contributed by atoms with Crippen molar-refractivity contribution in [2.45, 2.75) is 20.8 Å². The van der Waals surface area contributed by atoms with Crippen molar-refractivity contribution in [3.63, 3.8) is 0 Å². The van der Waals surface area contributed by atoms with Gasteiger partial charge in [-0.15, -0.1) is 0 Å². The average molecular weight is 919 g/mol. The smallest absolute Gasteiger partial charge is 0.252 e. The van der Waals surface area contributed by atoms with Gasteiger partial charge < -0.3 is 9.80 Å². The molecular weight excluding hydrogens is 868 g/mol. The van der Waals surface area contributed by atoms with Crippen molar-refractivity contribution in [3.8, 4) is 66.8 Å². The summed E-state index contributed by atoms with van der Waals surface area (Å²) in [5, 5.41) is 0. The Morgan fingerprint density at radius 2 is 0.694 bits per heavy atom. The number of nitrogens with zero attached hydrogens (tertiary/aromatic N) is 2. The average Bonchev–Trinajstić information content (AvgIpc) is 3.43. The summed E-state index contributed by atoms with van der Waals surface area (Å²) in [7, 11) is 0. The number of hydrogen-bond acceptors (Lipinski definition) is 2. The van der Waals surface area contributed by atoms with Crippen LogP contribution in [0.15, 0.2) is 255 Å². The van der Waals surface area contributed by atoms with Gasteiger partial charge in [-0.05, 0) is 164 Å². The number of hydrogen-bond donors (Lipinski definition) is 0. The SMILES string of the molecule is Cc1cc(C)c(-c2ccc3c(c2)B2c4ccccc4N(c4ccc(-c5ccccc5)cc4)c4cc(-c5c(-c6ccccc6)cccc5-c5ccccc5)cc(c42)N3c2ccc(-c3ccccc3)cc2)c(C)c1. The molecule has 340 valence electrons. The molecule has 2 aliphatic rings. The molecule has 13 rings (SSSR count). The molecule has 0 saturated heterocycles. The van der Waals surface area contributed by atoms with Gasteiger partial charge in [-0.1, -0.05) is 212 Å². The van der Waals surface area contributed by atoms with Crippen molar-refractivity contribution in [1.82, 2.24) is 0 Å². The van der Waals surface area contributed by atoms with Crippen LogP contribution < -0.4 is 26.2 Å². The third kappa shape index (κ3) is 7.36. The minimum atomic E-state index is -0.0566. The number of anilines is 6. The lowest BCUT2D eigenvalue weighted by atomic mass is 9.33. The number of rotatable bonds is 8. The Balaban J connectivity index is 1.13. The molecule has 0 N–H and O–H groups in total. The molecule has 0 aromatic heterocycles. The first-order chi connectivity index (χ1) is 35.5. The van der Waals surface area contributed by atoms with Crippen molar-refractivity contribution in [3.05, 3.63) is 271 Å². The second kappa shape index (κ2) is 17.8. The van der Waals surface area contributed by atoms with Crippen LogP contribution in [0.25, 0.3) is 66.8 Å². The van der Waals surface area contributed by atoms with Crippen LogP contribution in [-0.4, -0.2) is 6.71 Å². The molecule has 0 amide bonds. The van der Waals surface area contributed by atoms with Gasteiger partial charge in [-0.3, -0.25) is 0 Å². The van der Waals surface area contributed by atoms with E-state index in [-0.39, 0.29) is 6.71 Å². The van der Waals surface area contributed by atoms with Gasteiger partial charge in [0.2, 0.25) is 0 Å². The summed E-state index contributed by atoms with van der Waals surface area (Å²) in [6.07, 6.45) is 0. The number of benzene rings is 11. The maximum atomic E-state index is 2.56. The maximum Gasteiger partial charge on any atom is 0.252 e. The van der Waals surface area contributed by atoms with Crippen LogP contribution in [0.2, 0.25) is 0 Å². The van der Waals surface area contributed by atoms with Crippen LogP contribution in [0.1, 0.15) is 16.7 Å². The highest BCUT2D eigenvalue weighted by Crippen LogP contribution is 2.49. The molecule has 0 aliphatic carbocycles. The van der Waals surface area contributed by atoms with Crippen molar-refractivity contribution in [1.29, 1.82) is 0 Å². The normalized spacial score (nSPS) is 12.3. The highest BCUT2D eigenvalue weighted by Gasteiger charge is 2.44. The molecule has 0 bridgehead atoms. The van der Waals surface area contributed by atoms with Gasteiger partial charge in [0.1, 0.15) is 0 Å². The molecule has 11 aromatic rings. The molecule has 0 fully saturated rings. The lowest BCUT2D eigenvalue weighted by Crippen LogP contribution is -2.61. The predicted octanol–water partition coefficient (Wildman–Crippen LogP) is 16.7. The van der Waals surface area contributed by atoms with Crippen LogP contribution in [0.3, 0.4) is 0 Å². The highest BCUT2D eigenvalue weighted by molar-refractivity contribution is 7.00. The Morgan fingerprint density at radius 1 is 0.278 bits per heavy atom. The molecule has 0 spiro atoms. The summed E-state index contributed by atoms with van der Waals surface area (Å²) in [6.45, 7) is 6.67. The molecule has 0 atom stereocenters. The zero-order valence-electron chi connectivity index (χ0n) is 40.7. The first-order valence-corrected chi connectivity index (χ1v) is 25.1. The zero-order valence-corrected chi connectivity index (χ0v) is 40.7. The second-order valence-electron chi connectivity index (χ2n) is 19.4. The van der Waals surface area contributed by atoms with Crippen LogP contribution in [0.4, 0.5) is 34.1 Å². The molecule has 0 unspecified atom stereocenters. The lowest BCUT2D eigenvalue weighted by Gasteiger charge is -2.44. The fraction of sp³-hybridized carbons (Fsp3) is 0.0435. The topological polar surface area (TPSA) is 6.48 Å². The number of fused-ring (bicyclic) bond motifs is 4. The van der Waals surface area contributed by atoms with E-state index < -0.39 is 0 Å². The molecule has 2 heterocycles. The van der Waals surface area contributed by atoms with Crippen molar-refractivity contribution >= 4 is 57.2 Å². The Hall–Kier alpha value is -8.92. The Labute approximate surface area is 423 Å². The molecule has 0 radical (unpaired) electrons. The van der Waals surface area contributed by atoms with E-state index in [1.54, 1.807) is 0 Å². The van der Waals surface area contributed by atoms with Crippen molar-refractivity contribution in [2.75, 3.05) is 9.80 Å². The molecular formula is C69H51BN2. The minimum Gasteiger partial charge on any atom is -0.311 e. The summed E-state index contributed by atoms with van der Waals surface area (Å²) >= 11 is 0. The molecule has 3 heteroatoms. The van der Waals surface area contributed by atoms with Gasteiger partial charge in [0.05, 0.1) is 0 Å². The van der Waals surface area contributed by atoms with Gasteiger partial charge in [0, 0.05) is 34.1 Å². The summed E-state index contributed by atoms with van der Waals surface area (Å²) in [5.74, 6) is 0. The third-order valence-corrected chi connectivity index (χ3v) is 14.9. The highest BCUT2D eigenvalue weighted by atomic mass is 15.2. The first kappa shape index (κ1) is 43.1. The monoisotopic (exact) mass is 918 g/mol. The summed E-state index contributed by atoms with van der Waals surface area (Å²) < 4.78 is 0. The van der Waals surface area contributed by atoms with Gasteiger partial charge in [0.25, 0.3) is 6.71 Å².